The van der Waals surface area contributed by atoms with Crippen molar-refractivity contribution in [2.24, 2.45) is 7.05 Å². The van der Waals surface area contributed by atoms with E-state index in [1.165, 1.54) is 0 Å². The van der Waals surface area contributed by atoms with Crippen molar-refractivity contribution in [1.29, 1.82) is 0 Å². The molecular weight excluding hydrogens is 368 g/mol. The summed E-state index contributed by atoms with van der Waals surface area (Å²) in [6.07, 6.45) is 5.69. The minimum absolute atomic E-state index is 0.799. The first kappa shape index (κ1) is 15.0. The lowest BCUT2D eigenvalue weighted by atomic mass is 10.1. The van der Waals surface area contributed by atoms with Crippen molar-refractivity contribution in [2.75, 3.05) is 7.11 Å². The van der Waals surface area contributed by atoms with E-state index in [1.807, 2.05) is 44.0 Å². The summed E-state index contributed by atoms with van der Waals surface area (Å²) in [7, 11) is 3.58. The number of hydrogen-bond donors (Lipinski definition) is 0. The summed E-state index contributed by atoms with van der Waals surface area (Å²) >= 11 is 3.52. The Morgan fingerprint density at radius 1 is 1.08 bits per heavy atom. The Morgan fingerprint density at radius 2 is 1.96 bits per heavy atom. The van der Waals surface area contributed by atoms with Crippen LogP contribution < -0.4 is 4.74 Å². The zero-order chi connectivity index (χ0) is 16.7. The van der Waals surface area contributed by atoms with Crippen LogP contribution >= 0.6 is 15.9 Å². The third-order valence-corrected chi connectivity index (χ3v) is 4.41. The molecule has 0 saturated heterocycles. The van der Waals surface area contributed by atoms with Gasteiger partial charge in [0.1, 0.15) is 12.1 Å². The first-order chi connectivity index (χ1) is 11.6. The Hall–Kier alpha value is -2.60. The second-order valence-corrected chi connectivity index (χ2v) is 6.49. The number of benzene rings is 2. The van der Waals surface area contributed by atoms with Crippen LogP contribution in [0.15, 0.2) is 59.6 Å². The van der Waals surface area contributed by atoms with Gasteiger partial charge in [0.2, 0.25) is 0 Å². The highest BCUT2D eigenvalue weighted by atomic mass is 79.9. The van der Waals surface area contributed by atoms with Gasteiger partial charge in [-0.3, -0.25) is 9.25 Å². The molecule has 4 aromatic rings. The van der Waals surface area contributed by atoms with Crippen LogP contribution in [0.5, 0.6) is 5.75 Å². The molecule has 5 nitrogen and oxygen atoms in total. The molecule has 0 atom stereocenters. The quantitative estimate of drug-likeness (QED) is 0.533. The van der Waals surface area contributed by atoms with E-state index >= 15 is 0 Å². The SMILES string of the molecule is COc1cc(Br)cc(-n2cnc3cc(-c4cnn(C)c4)ccc32)c1. The highest BCUT2D eigenvalue weighted by Crippen LogP contribution is 2.28. The fourth-order valence-electron chi connectivity index (χ4n) is 2.77. The van der Waals surface area contributed by atoms with E-state index in [0.29, 0.717) is 0 Å². The van der Waals surface area contributed by atoms with E-state index in [0.717, 1.165) is 38.1 Å². The maximum Gasteiger partial charge on any atom is 0.122 e. The Kier molecular flexibility index (Phi) is 3.61. The molecule has 0 saturated carbocycles. The standard InChI is InChI=1S/C18H15BrN4O/c1-22-10-13(9-21-22)12-3-4-18-17(5-12)20-11-23(18)15-6-14(19)7-16(8-15)24-2/h3-11H,1-2H3. The van der Waals surface area contributed by atoms with Gasteiger partial charge in [0, 0.05) is 29.3 Å². The van der Waals surface area contributed by atoms with Crippen molar-refractivity contribution in [2.45, 2.75) is 0 Å². The maximum absolute atomic E-state index is 5.35. The molecule has 24 heavy (non-hydrogen) atoms. The van der Waals surface area contributed by atoms with E-state index in [4.69, 9.17) is 4.74 Å². The third-order valence-electron chi connectivity index (χ3n) is 3.96. The smallest absolute Gasteiger partial charge is 0.122 e. The minimum Gasteiger partial charge on any atom is -0.497 e. The number of ether oxygens (including phenoxy) is 1. The van der Waals surface area contributed by atoms with Crippen LogP contribution in [0.4, 0.5) is 0 Å². The highest BCUT2D eigenvalue weighted by Gasteiger charge is 2.09. The third kappa shape index (κ3) is 2.59. The van der Waals surface area contributed by atoms with Crippen molar-refractivity contribution in [3.8, 4) is 22.6 Å². The van der Waals surface area contributed by atoms with Crippen molar-refractivity contribution >= 4 is 27.0 Å². The number of aryl methyl sites for hydroxylation is 1. The fraction of sp³-hybridized carbons (Fsp3) is 0.111. The molecule has 0 bridgehead atoms. The number of rotatable bonds is 3. The predicted octanol–water partition coefficient (Wildman–Crippen LogP) is 4.20. The van der Waals surface area contributed by atoms with Crippen LogP contribution in [0.1, 0.15) is 0 Å². The summed E-state index contributed by atoms with van der Waals surface area (Å²) in [5.74, 6) is 0.799. The van der Waals surface area contributed by atoms with Crippen molar-refractivity contribution < 1.29 is 4.74 Å². The lowest BCUT2D eigenvalue weighted by molar-refractivity contribution is 0.414. The fourth-order valence-corrected chi connectivity index (χ4v) is 3.23. The largest absolute Gasteiger partial charge is 0.497 e. The van der Waals surface area contributed by atoms with Gasteiger partial charge < -0.3 is 4.74 Å². The molecule has 0 spiro atoms. The minimum atomic E-state index is 0.799. The molecule has 2 heterocycles. The van der Waals surface area contributed by atoms with Gasteiger partial charge in [-0.1, -0.05) is 22.0 Å². The topological polar surface area (TPSA) is 44.9 Å². The first-order valence-corrected chi connectivity index (χ1v) is 8.24. The molecule has 0 unspecified atom stereocenters. The van der Waals surface area contributed by atoms with E-state index in [2.05, 4.69) is 48.8 Å². The summed E-state index contributed by atoms with van der Waals surface area (Å²) in [5, 5.41) is 4.23. The molecule has 6 heteroatoms. The van der Waals surface area contributed by atoms with E-state index in [9.17, 15) is 0 Å². The average molecular weight is 383 g/mol. The zero-order valence-corrected chi connectivity index (χ0v) is 14.9. The van der Waals surface area contributed by atoms with Crippen LogP contribution in [-0.2, 0) is 7.05 Å². The van der Waals surface area contributed by atoms with Gasteiger partial charge in [0.25, 0.3) is 0 Å². The Morgan fingerprint density at radius 3 is 2.71 bits per heavy atom. The van der Waals surface area contributed by atoms with Gasteiger partial charge in [-0.05, 0) is 29.8 Å². The van der Waals surface area contributed by atoms with Gasteiger partial charge in [-0.25, -0.2) is 4.98 Å². The van der Waals surface area contributed by atoms with E-state index in [1.54, 1.807) is 11.8 Å². The monoisotopic (exact) mass is 382 g/mol. The number of imidazole rings is 1. The summed E-state index contributed by atoms with van der Waals surface area (Å²) < 4.78 is 10.2. The Balaban J connectivity index is 1.82. The van der Waals surface area contributed by atoms with Crippen molar-refractivity contribution in [1.82, 2.24) is 19.3 Å². The summed E-state index contributed by atoms with van der Waals surface area (Å²) in [5.41, 5.74) is 5.17. The molecular formula is C18H15BrN4O. The molecule has 0 fully saturated rings. The van der Waals surface area contributed by atoms with Crippen LogP contribution in [-0.4, -0.2) is 26.4 Å². The number of hydrogen-bond acceptors (Lipinski definition) is 3. The number of aromatic nitrogens is 4. The second-order valence-electron chi connectivity index (χ2n) is 5.57. The van der Waals surface area contributed by atoms with Gasteiger partial charge >= 0.3 is 0 Å². The first-order valence-electron chi connectivity index (χ1n) is 7.45. The molecule has 120 valence electrons. The van der Waals surface area contributed by atoms with Crippen LogP contribution in [0.2, 0.25) is 0 Å². The molecule has 2 aromatic carbocycles. The van der Waals surface area contributed by atoms with Crippen LogP contribution in [0.25, 0.3) is 27.8 Å². The number of methoxy groups -OCH3 is 1. The lowest BCUT2D eigenvalue weighted by Gasteiger charge is -2.08. The average Bonchev–Trinajstić information content (AvgIpc) is 3.19. The molecule has 0 aliphatic heterocycles. The van der Waals surface area contributed by atoms with Gasteiger partial charge in [0.15, 0.2) is 0 Å². The molecule has 2 aromatic heterocycles. The molecule has 4 rings (SSSR count). The number of halogens is 1. The normalized spacial score (nSPS) is 11.1. The Labute approximate surface area is 147 Å². The second kappa shape index (κ2) is 5.79. The van der Waals surface area contributed by atoms with E-state index < -0.39 is 0 Å². The van der Waals surface area contributed by atoms with Crippen molar-refractivity contribution in [3.63, 3.8) is 0 Å². The number of fused-ring (bicyclic) bond motifs is 1. The number of nitrogens with zero attached hydrogens (tertiary/aromatic N) is 4. The molecule has 0 radical (unpaired) electrons. The lowest BCUT2D eigenvalue weighted by Crippen LogP contribution is -1.93. The molecule has 0 amide bonds. The molecule has 0 aliphatic rings. The van der Waals surface area contributed by atoms with Crippen LogP contribution in [0.3, 0.4) is 0 Å². The highest BCUT2D eigenvalue weighted by molar-refractivity contribution is 9.10. The van der Waals surface area contributed by atoms with E-state index in [-0.39, 0.29) is 0 Å². The van der Waals surface area contributed by atoms with Crippen molar-refractivity contribution in [3.05, 3.63) is 59.6 Å². The summed E-state index contributed by atoms with van der Waals surface area (Å²) in [6.45, 7) is 0. The van der Waals surface area contributed by atoms with Gasteiger partial charge in [-0.15, -0.1) is 0 Å². The van der Waals surface area contributed by atoms with Gasteiger partial charge in [0.05, 0.1) is 30.0 Å². The summed E-state index contributed by atoms with van der Waals surface area (Å²) in [4.78, 5) is 4.55. The molecule has 0 aliphatic carbocycles. The van der Waals surface area contributed by atoms with Crippen LogP contribution in [0, 0.1) is 0 Å². The Bertz CT molecular complexity index is 1030. The summed E-state index contributed by atoms with van der Waals surface area (Å²) in [6, 6.07) is 12.2. The zero-order valence-electron chi connectivity index (χ0n) is 13.3. The predicted molar refractivity (Wildman–Crippen MR) is 97.5 cm³/mol. The molecule has 0 N–H and O–H groups in total. The van der Waals surface area contributed by atoms with Gasteiger partial charge in [-0.2, -0.15) is 5.10 Å². The maximum atomic E-state index is 5.35.